The molecule has 3 heteroatoms. The van der Waals surface area contributed by atoms with E-state index >= 15 is 0 Å². The van der Waals surface area contributed by atoms with Crippen molar-refractivity contribution >= 4 is 16.6 Å². The first kappa shape index (κ1) is 10.5. The van der Waals surface area contributed by atoms with E-state index < -0.39 is 0 Å². The van der Waals surface area contributed by atoms with E-state index in [-0.39, 0.29) is 0 Å². The molecular formula is C14H16N2O. The monoisotopic (exact) mass is 228 g/mol. The fourth-order valence-corrected chi connectivity index (χ4v) is 2.29. The number of ether oxygens (including phenoxy) is 1. The summed E-state index contributed by atoms with van der Waals surface area (Å²) >= 11 is 0. The fraction of sp³-hybridized carbons (Fsp3) is 0.357. The van der Waals surface area contributed by atoms with Crippen LogP contribution < -0.4 is 4.90 Å². The molecule has 1 aliphatic rings. The van der Waals surface area contributed by atoms with Gasteiger partial charge in [0.15, 0.2) is 0 Å². The standard InChI is InChI=1S/C14H16N2O/c1-11-5-6-12-3-2-4-13(14(12)15-11)16-7-9-17-10-8-16/h2-6H,7-10H2,1H3. The Balaban J connectivity index is 2.11. The summed E-state index contributed by atoms with van der Waals surface area (Å²) in [6.45, 7) is 5.56. The van der Waals surface area contributed by atoms with Crippen molar-refractivity contribution in [1.29, 1.82) is 0 Å². The van der Waals surface area contributed by atoms with E-state index in [0.29, 0.717) is 0 Å². The van der Waals surface area contributed by atoms with E-state index in [4.69, 9.17) is 4.74 Å². The summed E-state index contributed by atoms with van der Waals surface area (Å²) in [6.07, 6.45) is 0. The first-order valence-corrected chi connectivity index (χ1v) is 6.04. The predicted molar refractivity (Wildman–Crippen MR) is 69.5 cm³/mol. The summed E-state index contributed by atoms with van der Waals surface area (Å²) in [5.74, 6) is 0. The molecule has 17 heavy (non-hydrogen) atoms. The van der Waals surface area contributed by atoms with E-state index in [0.717, 1.165) is 37.5 Å². The van der Waals surface area contributed by atoms with Crippen LogP contribution in [-0.4, -0.2) is 31.3 Å². The number of morpholine rings is 1. The molecule has 0 aliphatic carbocycles. The van der Waals surface area contributed by atoms with Crippen molar-refractivity contribution in [2.75, 3.05) is 31.2 Å². The average molecular weight is 228 g/mol. The van der Waals surface area contributed by atoms with Gasteiger partial charge in [-0.1, -0.05) is 18.2 Å². The maximum Gasteiger partial charge on any atom is 0.0938 e. The van der Waals surface area contributed by atoms with Gasteiger partial charge in [0, 0.05) is 24.2 Å². The molecule has 0 radical (unpaired) electrons. The summed E-state index contributed by atoms with van der Waals surface area (Å²) in [5.41, 5.74) is 3.40. The van der Waals surface area contributed by atoms with Crippen LogP contribution in [0.4, 0.5) is 5.69 Å². The molecule has 2 aromatic rings. The molecule has 0 amide bonds. The van der Waals surface area contributed by atoms with E-state index in [1.54, 1.807) is 0 Å². The largest absolute Gasteiger partial charge is 0.378 e. The van der Waals surface area contributed by atoms with Crippen molar-refractivity contribution in [3.63, 3.8) is 0 Å². The Bertz CT molecular complexity index is 533. The molecule has 0 N–H and O–H groups in total. The second-order valence-corrected chi connectivity index (χ2v) is 4.40. The highest BCUT2D eigenvalue weighted by atomic mass is 16.5. The molecule has 2 heterocycles. The van der Waals surface area contributed by atoms with Crippen LogP contribution in [0.1, 0.15) is 5.69 Å². The maximum atomic E-state index is 5.39. The third kappa shape index (κ3) is 1.98. The number of hydrogen-bond donors (Lipinski definition) is 0. The van der Waals surface area contributed by atoms with Gasteiger partial charge in [-0.3, -0.25) is 4.98 Å². The van der Waals surface area contributed by atoms with Crippen LogP contribution in [0.15, 0.2) is 30.3 Å². The smallest absolute Gasteiger partial charge is 0.0938 e. The molecule has 1 aliphatic heterocycles. The van der Waals surface area contributed by atoms with Crippen LogP contribution in [0.3, 0.4) is 0 Å². The summed E-state index contributed by atoms with van der Waals surface area (Å²) in [4.78, 5) is 7.03. The Morgan fingerprint density at radius 1 is 1.12 bits per heavy atom. The number of aromatic nitrogens is 1. The average Bonchev–Trinajstić information content (AvgIpc) is 2.39. The highest BCUT2D eigenvalue weighted by molar-refractivity contribution is 5.91. The fourth-order valence-electron chi connectivity index (χ4n) is 2.29. The van der Waals surface area contributed by atoms with E-state index in [9.17, 15) is 0 Å². The maximum absolute atomic E-state index is 5.39. The molecule has 0 unspecified atom stereocenters. The lowest BCUT2D eigenvalue weighted by molar-refractivity contribution is 0.123. The van der Waals surface area contributed by atoms with Gasteiger partial charge in [-0.05, 0) is 19.1 Å². The topological polar surface area (TPSA) is 25.4 Å². The van der Waals surface area contributed by atoms with Gasteiger partial charge in [-0.15, -0.1) is 0 Å². The summed E-state index contributed by atoms with van der Waals surface area (Å²) in [6, 6.07) is 10.6. The molecule has 3 nitrogen and oxygen atoms in total. The van der Waals surface area contributed by atoms with Crippen LogP contribution in [0.2, 0.25) is 0 Å². The highest BCUT2D eigenvalue weighted by Crippen LogP contribution is 2.25. The summed E-state index contributed by atoms with van der Waals surface area (Å²) in [5, 5.41) is 1.21. The number of rotatable bonds is 1. The van der Waals surface area contributed by atoms with Crippen molar-refractivity contribution in [3.8, 4) is 0 Å². The summed E-state index contributed by atoms with van der Waals surface area (Å²) < 4.78 is 5.39. The van der Waals surface area contributed by atoms with Gasteiger partial charge in [0.05, 0.1) is 24.4 Å². The van der Waals surface area contributed by atoms with Gasteiger partial charge < -0.3 is 9.64 Å². The minimum Gasteiger partial charge on any atom is -0.378 e. The van der Waals surface area contributed by atoms with Gasteiger partial charge in [0.25, 0.3) is 0 Å². The Labute approximate surface area is 101 Å². The van der Waals surface area contributed by atoms with Crippen LogP contribution in [0, 0.1) is 6.92 Å². The number of benzene rings is 1. The minimum atomic E-state index is 0.808. The molecule has 0 spiro atoms. The lowest BCUT2D eigenvalue weighted by Gasteiger charge is -2.29. The molecule has 0 saturated carbocycles. The van der Waals surface area contributed by atoms with Crippen LogP contribution in [-0.2, 0) is 4.74 Å². The van der Waals surface area contributed by atoms with E-state index in [1.165, 1.54) is 11.1 Å². The zero-order valence-corrected chi connectivity index (χ0v) is 10.0. The van der Waals surface area contributed by atoms with Crippen molar-refractivity contribution < 1.29 is 4.74 Å². The number of pyridine rings is 1. The van der Waals surface area contributed by atoms with Gasteiger partial charge in [-0.25, -0.2) is 0 Å². The minimum absolute atomic E-state index is 0.808. The van der Waals surface area contributed by atoms with Crippen molar-refractivity contribution in [1.82, 2.24) is 4.98 Å². The highest BCUT2D eigenvalue weighted by Gasteiger charge is 2.14. The SMILES string of the molecule is Cc1ccc2cccc(N3CCOCC3)c2n1. The number of hydrogen-bond acceptors (Lipinski definition) is 3. The molecule has 1 aromatic carbocycles. The van der Waals surface area contributed by atoms with Crippen LogP contribution >= 0.6 is 0 Å². The Morgan fingerprint density at radius 3 is 2.76 bits per heavy atom. The zero-order valence-electron chi connectivity index (χ0n) is 10.0. The number of fused-ring (bicyclic) bond motifs is 1. The van der Waals surface area contributed by atoms with Gasteiger partial charge >= 0.3 is 0 Å². The summed E-state index contributed by atoms with van der Waals surface area (Å²) in [7, 11) is 0. The Morgan fingerprint density at radius 2 is 1.94 bits per heavy atom. The molecule has 1 saturated heterocycles. The van der Waals surface area contributed by atoms with Gasteiger partial charge in [-0.2, -0.15) is 0 Å². The predicted octanol–water partition coefficient (Wildman–Crippen LogP) is 2.38. The number of para-hydroxylation sites is 1. The second kappa shape index (κ2) is 4.34. The third-order valence-electron chi connectivity index (χ3n) is 3.19. The zero-order chi connectivity index (χ0) is 11.7. The van der Waals surface area contributed by atoms with Crippen molar-refractivity contribution in [2.45, 2.75) is 6.92 Å². The lowest BCUT2D eigenvalue weighted by Crippen LogP contribution is -2.36. The van der Waals surface area contributed by atoms with Crippen molar-refractivity contribution in [3.05, 3.63) is 36.0 Å². The van der Waals surface area contributed by atoms with Crippen molar-refractivity contribution in [2.24, 2.45) is 0 Å². The number of aryl methyl sites for hydroxylation is 1. The number of anilines is 1. The first-order chi connectivity index (χ1) is 8.34. The second-order valence-electron chi connectivity index (χ2n) is 4.40. The van der Waals surface area contributed by atoms with E-state index in [1.807, 2.05) is 6.92 Å². The Kier molecular flexibility index (Phi) is 2.69. The third-order valence-corrected chi connectivity index (χ3v) is 3.19. The number of nitrogens with zero attached hydrogens (tertiary/aromatic N) is 2. The molecule has 1 fully saturated rings. The molecule has 1 aromatic heterocycles. The quantitative estimate of drug-likeness (QED) is 0.749. The van der Waals surface area contributed by atoms with Gasteiger partial charge in [0.2, 0.25) is 0 Å². The first-order valence-electron chi connectivity index (χ1n) is 6.04. The Hall–Kier alpha value is -1.61. The lowest BCUT2D eigenvalue weighted by atomic mass is 10.1. The molecule has 0 atom stereocenters. The van der Waals surface area contributed by atoms with Gasteiger partial charge in [0.1, 0.15) is 0 Å². The molecule has 88 valence electrons. The molecular weight excluding hydrogens is 212 g/mol. The van der Waals surface area contributed by atoms with Crippen LogP contribution in [0.25, 0.3) is 10.9 Å². The van der Waals surface area contributed by atoms with Crippen LogP contribution in [0.5, 0.6) is 0 Å². The normalized spacial score (nSPS) is 16.4. The van der Waals surface area contributed by atoms with E-state index in [2.05, 4.69) is 40.2 Å². The molecule has 0 bridgehead atoms. The molecule has 3 rings (SSSR count).